The average molecular weight is 203 g/mol. The van der Waals surface area contributed by atoms with Crippen LogP contribution in [0, 0.1) is 0 Å². The molecule has 0 aliphatic heterocycles. The van der Waals surface area contributed by atoms with Crippen LogP contribution in [0.3, 0.4) is 0 Å². The highest BCUT2D eigenvalue weighted by Gasteiger charge is 1.97. The predicted octanol–water partition coefficient (Wildman–Crippen LogP) is 3.30. The van der Waals surface area contributed by atoms with Gasteiger partial charge in [-0.1, -0.05) is 32.6 Å². The number of hydrogen-bond donors (Lipinski definition) is 1. The lowest BCUT2D eigenvalue weighted by Gasteiger charge is -2.11. The lowest BCUT2D eigenvalue weighted by atomic mass is 10.1. The van der Waals surface area contributed by atoms with Gasteiger partial charge in [0.2, 0.25) is 0 Å². The van der Waals surface area contributed by atoms with Crippen molar-refractivity contribution in [2.24, 2.45) is 0 Å². The molecular weight excluding hydrogens is 178 g/mol. The zero-order valence-electron chi connectivity index (χ0n) is 9.44. The fourth-order valence-corrected chi connectivity index (χ4v) is 2.00. The van der Waals surface area contributed by atoms with Crippen molar-refractivity contribution in [1.29, 1.82) is 0 Å². The molecule has 0 saturated heterocycles. The third-order valence-electron chi connectivity index (χ3n) is 2.19. The fraction of sp³-hybridized carbons (Fsp3) is 1.00. The molecule has 13 heavy (non-hydrogen) atoms. The Kier molecular flexibility index (Phi) is 10.6. The van der Waals surface area contributed by atoms with Crippen LogP contribution >= 0.6 is 11.8 Å². The Balaban J connectivity index is 2.97. The van der Waals surface area contributed by atoms with E-state index in [2.05, 4.69) is 25.4 Å². The molecule has 1 nitrogen and oxygen atoms in total. The molecule has 0 aromatic rings. The molecule has 80 valence electrons. The summed E-state index contributed by atoms with van der Waals surface area (Å²) in [4.78, 5) is 0. The second kappa shape index (κ2) is 10.4. The third-order valence-corrected chi connectivity index (χ3v) is 3.02. The molecule has 0 heterocycles. The zero-order chi connectivity index (χ0) is 9.94. The number of thioether (sulfide) groups is 1. The van der Waals surface area contributed by atoms with Crippen molar-refractivity contribution in [2.75, 3.05) is 18.6 Å². The minimum atomic E-state index is 0.682. The monoisotopic (exact) mass is 203 g/mol. The van der Waals surface area contributed by atoms with Crippen LogP contribution in [0.4, 0.5) is 0 Å². The minimum absolute atomic E-state index is 0.682. The molecule has 0 aliphatic carbocycles. The first-order valence-corrected chi connectivity index (χ1v) is 6.93. The van der Waals surface area contributed by atoms with Gasteiger partial charge in [0, 0.05) is 11.8 Å². The van der Waals surface area contributed by atoms with Crippen LogP contribution in [0.2, 0.25) is 0 Å². The number of nitrogens with one attached hydrogen (secondary N) is 1. The van der Waals surface area contributed by atoms with E-state index in [1.54, 1.807) is 0 Å². The normalized spacial score (nSPS) is 13.2. The van der Waals surface area contributed by atoms with E-state index in [1.807, 2.05) is 11.8 Å². The summed E-state index contributed by atoms with van der Waals surface area (Å²) in [6, 6.07) is 0.682. The second-order valence-electron chi connectivity index (χ2n) is 3.72. The van der Waals surface area contributed by atoms with Gasteiger partial charge in [-0.15, -0.1) is 0 Å². The van der Waals surface area contributed by atoms with E-state index in [0.29, 0.717) is 6.04 Å². The third kappa shape index (κ3) is 10.2. The van der Waals surface area contributed by atoms with E-state index in [4.69, 9.17) is 0 Å². The summed E-state index contributed by atoms with van der Waals surface area (Å²) in [5.74, 6) is 1.23. The Morgan fingerprint density at radius 1 is 1.15 bits per heavy atom. The Morgan fingerprint density at radius 2 is 1.85 bits per heavy atom. The van der Waals surface area contributed by atoms with Crippen LogP contribution in [0.5, 0.6) is 0 Å². The number of rotatable bonds is 9. The molecule has 0 saturated carbocycles. The zero-order valence-corrected chi connectivity index (χ0v) is 10.3. The molecule has 0 bridgehead atoms. The van der Waals surface area contributed by atoms with Gasteiger partial charge in [-0.05, 0) is 26.1 Å². The first-order valence-electron chi connectivity index (χ1n) is 5.53. The molecule has 0 spiro atoms. The highest BCUT2D eigenvalue weighted by Crippen LogP contribution is 2.02. The Bertz CT molecular complexity index is 96.1. The summed E-state index contributed by atoms with van der Waals surface area (Å²) in [5, 5.41) is 3.54. The maximum atomic E-state index is 3.54. The van der Waals surface area contributed by atoms with Crippen molar-refractivity contribution in [2.45, 2.75) is 52.0 Å². The van der Waals surface area contributed by atoms with Gasteiger partial charge >= 0.3 is 0 Å². The quantitative estimate of drug-likeness (QED) is 0.577. The maximum Gasteiger partial charge on any atom is 0.0129 e. The molecular formula is C11H25NS. The van der Waals surface area contributed by atoms with E-state index in [0.717, 1.165) is 0 Å². The SMILES string of the molecule is CCCCCCCNC(C)CSC. The summed E-state index contributed by atoms with van der Waals surface area (Å²) >= 11 is 1.92. The van der Waals surface area contributed by atoms with Gasteiger partial charge in [-0.2, -0.15) is 11.8 Å². The van der Waals surface area contributed by atoms with E-state index in [1.165, 1.54) is 44.4 Å². The maximum absolute atomic E-state index is 3.54. The summed E-state index contributed by atoms with van der Waals surface area (Å²) in [6.45, 7) is 5.73. The standard InChI is InChI=1S/C11H25NS/c1-4-5-6-7-8-9-12-11(2)10-13-3/h11-12H,4-10H2,1-3H3. The number of unbranched alkanes of at least 4 members (excludes halogenated alkanes) is 4. The lowest BCUT2D eigenvalue weighted by Crippen LogP contribution is -2.28. The topological polar surface area (TPSA) is 12.0 Å². The fourth-order valence-electron chi connectivity index (χ4n) is 1.39. The summed E-state index contributed by atoms with van der Waals surface area (Å²) < 4.78 is 0. The average Bonchev–Trinajstić information content (AvgIpc) is 2.11. The smallest absolute Gasteiger partial charge is 0.0129 e. The van der Waals surface area contributed by atoms with Crippen molar-refractivity contribution in [1.82, 2.24) is 5.32 Å². The number of hydrogen-bond acceptors (Lipinski definition) is 2. The van der Waals surface area contributed by atoms with Crippen LogP contribution in [0.15, 0.2) is 0 Å². The van der Waals surface area contributed by atoms with Gasteiger partial charge < -0.3 is 5.32 Å². The molecule has 0 rings (SSSR count). The van der Waals surface area contributed by atoms with Crippen LogP contribution in [0.25, 0.3) is 0 Å². The molecule has 0 aliphatic rings. The molecule has 0 aromatic carbocycles. The van der Waals surface area contributed by atoms with Crippen molar-refractivity contribution >= 4 is 11.8 Å². The molecule has 1 unspecified atom stereocenters. The van der Waals surface area contributed by atoms with Crippen molar-refractivity contribution in [3.63, 3.8) is 0 Å². The van der Waals surface area contributed by atoms with Crippen molar-refractivity contribution in [3.8, 4) is 0 Å². The Morgan fingerprint density at radius 3 is 2.46 bits per heavy atom. The van der Waals surface area contributed by atoms with Gasteiger partial charge in [0.05, 0.1) is 0 Å². The first-order chi connectivity index (χ1) is 6.31. The molecule has 1 atom stereocenters. The molecule has 1 N–H and O–H groups in total. The van der Waals surface area contributed by atoms with E-state index in [9.17, 15) is 0 Å². The molecule has 0 aromatic heterocycles. The summed E-state index contributed by atoms with van der Waals surface area (Å²) in [5.41, 5.74) is 0. The predicted molar refractivity (Wildman–Crippen MR) is 64.6 cm³/mol. The second-order valence-corrected chi connectivity index (χ2v) is 4.64. The molecule has 0 fully saturated rings. The van der Waals surface area contributed by atoms with Crippen LogP contribution in [-0.2, 0) is 0 Å². The molecule has 0 radical (unpaired) electrons. The highest BCUT2D eigenvalue weighted by molar-refractivity contribution is 7.98. The van der Waals surface area contributed by atoms with Crippen LogP contribution in [0.1, 0.15) is 46.0 Å². The van der Waals surface area contributed by atoms with E-state index >= 15 is 0 Å². The van der Waals surface area contributed by atoms with Gasteiger partial charge in [0.15, 0.2) is 0 Å². The van der Waals surface area contributed by atoms with Gasteiger partial charge in [-0.25, -0.2) is 0 Å². The van der Waals surface area contributed by atoms with Crippen molar-refractivity contribution < 1.29 is 0 Å². The van der Waals surface area contributed by atoms with Gasteiger partial charge in [-0.3, -0.25) is 0 Å². The molecule has 0 amide bonds. The summed E-state index contributed by atoms with van der Waals surface area (Å²) in [6.07, 6.45) is 9.07. The van der Waals surface area contributed by atoms with Gasteiger partial charge in [0.25, 0.3) is 0 Å². The van der Waals surface area contributed by atoms with Crippen LogP contribution < -0.4 is 5.32 Å². The Labute approximate surface area is 88.1 Å². The van der Waals surface area contributed by atoms with E-state index < -0.39 is 0 Å². The largest absolute Gasteiger partial charge is 0.313 e. The van der Waals surface area contributed by atoms with Crippen molar-refractivity contribution in [3.05, 3.63) is 0 Å². The van der Waals surface area contributed by atoms with E-state index in [-0.39, 0.29) is 0 Å². The minimum Gasteiger partial charge on any atom is -0.313 e. The Hall–Kier alpha value is 0.310. The first kappa shape index (κ1) is 13.3. The van der Waals surface area contributed by atoms with Gasteiger partial charge in [0.1, 0.15) is 0 Å². The summed E-state index contributed by atoms with van der Waals surface area (Å²) in [7, 11) is 0. The lowest BCUT2D eigenvalue weighted by molar-refractivity contribution is 0.544. The van der Waals surface area contributed by atoms with Crippen LogP contribution in [-0.4, -0.2) is 24.6 Å². The molecule has 2 heteroatoms. The highest BCUT2D eigenvalue weighted by atomic mass is 32.2.